The van der Waals surface area contributed by atoms with E-state index < -0.39 is 11.9 Å². The van der Waals surface area contributed by atoms with E-state index in [2.05, 4.69) is 20.8 Å². The molecule has 5 nitrogen and oxygen atoms in total. The Morgan fingerprint density at radius 3 is 2.81 bits per heavy atom. The molecule has 1 unspecified atom stereocenters. The van der Waals surface area contributed by atoms with E-state index in [0.29, 0.717) is 12.0 Å². The van der Waals surface area contributed by atoms with Crippen molar-refractivity contribution in [3.05, 3.63) is 28.2 Å². The van der Waals surface area contributed by atoms with Crippen LogP contribution in [0.3, 0.4) is 0 Å². The number of carboxylic acid groups (broad SMARTS) is 1. The van der Waals surface area contributed by atoms with E-state index in [1.54, 1.807) is 6.07 Å². The highest BCUT2D eigenvalue weighted by molar-refractivity contribution is 9.10. The van der Waals surface area contributed by atoms with Crippen molar-refractivity contribution in [3.63, 3.8) is 0 Å². The van der Waals surface area contributed by atoms with Gasteiger partial charge in [0.05, 0.1) is 5.56 Å². The Morgan fingerprint density at radius 1 is 1.38 bits per heavy atom. The number of aliphatic carboxylic acids is 1. The first kappa shape index (κ1) is 15.8. The van der Waals surface area contributed by atoms with Crippen LogP contribution in [0.2, 0.25) is 0 Å². The lowest BCUT2D eigenvalue weighted by molar-refractivity contribution is -0.137. The number of halogens is 1. The van der Waals surface area contributed by atoms with E-state index in [0.717, 1.165) is 36.0 Å². The lowest BCUT2D eigenvalue weighted by Gasteiger charge is -2.38. The number of carbonyl (C=O) groups is 2. The summed E-state index contributed by atoms with van der Waals surface area (Å²) in [6.45, 7) is 0.826. The van der Waals surface area contributed by atoms with Gasteiger partial charge in [-0.15, -0.1) is 0 Å². The van der Waals surface area contributed by atoms with Crippen LogP contribution in [-0.2, 0) is 4.79 Å². The Labute approximate surface area is 132 Å². The van der Waals surface area contributed by atoms with Gasteiger partial charge in [-0.05, 0) is 43.9 Å². The molecule has 0 aliphatic carbocycles. The Morgan fingerprint density at radius 2 is 2.14 bits per heavy atom. The van der Waals surface area contributed by atoms with Crippen molar-refractivity contribution in [2.75, 3.05) is 11.4 Å². The molecule has 0 spiro atoms. The highest BCUT2D eigenvalue weighted by atomic mass is 79.9. The summed E-state index contributed by atoms with van der Waals surface area (Å²) in [5, 5.41) is 8.88. The number of anilines is 1. The lowest BCUT2D eigenvalue weighted by Crippen LogP contribution is -2.41. The van der Waals surface area contributed by atoms with Crippen LogP contribution in [0, 0.1) is 0 Å². The van der Waals surface area contributed by atoms with Gasteiger partial charge >= 0.3 is 5.97 Å². The fourth-order valence-electron chi connectivity index (χ4n) is 2.86. The van der Waals surface area contributed by atoms with Crippen LogP contribution in [0.25, 0.3) is 0 Å². The van der Waals surface area contributed by atoms with Crippen molar-refractivity contribution in [3.8, 4) is 0 Å². The molecule has 1 aromatic carbocycles. The largest absolute Gasteiger partial charge is 0.481 e. The average molecular weight is 355 g/mol. The molecule has 1 aliphatic rings. The van der Waals surface area contributed by atoms with Gasteiger partial charge in [0.15, 0.2) is 0 Å². The molecule has 1 atom stereocenters. The van der Waals surface area contributed by atoms with E-state index in [-0.39, 0.29) is 12.5 Å². The number of nitrogens with zero attached hydrogens (tertiary/aromatic N) is 1. The number of hydrogen-bond acceptors (Lipinski definition) is 3. The number of carboxylic acids is 1. The number of nitrogens with two attached hydrogens (primary N) is 1. The molecule has 114 valence electrons. The molecule has 1 aromatic rings. The molecule has 0 radical (unpaired) electrons. The lowest BCUT2D eigenvalue weighted by atomic mass is 9.96. The number of amides is 1. The zero-order chi connectivity index (χ0) is 15.4. The number of primary amides is 1. The second kappa shape index (κ2) is 6.93. The van der Waals surface area contributed by atoms with Crippen LogP contribution in [0.4, 0.5) is 5.69 Å². The molecule has 1 amide bonds. The summed E-state index contributed by atoms with van der Waals surface area (Å²) in [5.74, 6) is -1.25. The minimum absolute atomic E-state index is 0.142. The second-order valence-electron chi connectivity index (χ2n) is 5.30. The van der Waals surface area contributed by atoms with Crippen LogP contribution in [0.15, 0.2) is 22.7 Å². The molecule has 6 heteroatoms. The van der Waals surface area contributed by atoms with Gasteiger partial charge in [-0.2, -0.15) is 0 Å². The van der Waals surface area contributed by atoms with E-state index in [1.165, 1.54) is 0 Å². The number of hydrogen-bond donors (Lipinski definition) is 2. The molecule has 21 heavy (non-hydrogen) atoms. The van der Waals surface area contributed by atoms with Crippen molar-refractivity contribution in [1.82, 2.24) is 0 Å². The Hall–Kier alpha value is -1.56. The molecular formula is C15H19BrN2O3. The third-order valence-corrected chi connectivity index (χ3v) is 4.35. The normalized spacial score (nSPS) is 18.5. The van der Waals surface area contributed by atoms with Crippen LogP contribution < -0.4 is 10.6 Å². The van der Waals surface area contributed by atoms with E-state index in [1.807, 2.05) is 12.1 Å². The maximum atomic E-state index is 11.7. The second-order valence-corrected chi connectivity index (χ2v) is 6.22. The predicted molar refractivity (Wildman–Crippen MR) is 84.5 cm³/mol. The summed E-state index contributed by atoms with van der Waals surface area (Å²) in [5.41, 5.74) is 6.76. The minimum Gasteiger partial charge on any atom is -0.481 e. The maximum absolute atomic E-state index is 11.7. The highest BCUT2D eigenvalue weighted by Crippen LogP contribution is 2.31. The van der Waals surface area contributed by atoms with Crippen LogP contribution in [0.1, 0.15) is 42.5 Å². The van der Waals surface area contributed by atoms with Gasteiger partial charge in [0, 0.05) is 29.2 Å². The Balaban J connectivity index is 2.28. The topological polar surface area (TPSA) is 83.6 Å². The van der Waals surface area contributed by atoms with Gasteiger partial charge in [-0.1, -0.05) is 15.9 Å². The molecule has 1 aliphatic heterocycles. The summed E-state index contributed by atoms with van der Waals surface area (Å²) < 4.78 is 0.805. The summed E-state index contributed by atoms with van der Waals surface area (Å²) in [6, 6.07) is 5.63. The number of rotatable bonds is 5. The molecule has 0 bridgehead atoms. The zero-order valence-electron chi connectivity index (χ0n) is 11.7. The third-order valence-electron chi connectivity index (χ3n) is 3.85. The molecule has 1 saturated heterocycles. The molecule has 0 aromatic heterocycles. The maximum Gasteiger partial charge on any atom is 0.303 e. The van der Waals surface area contributed by atoms with Gasteiger partial charge in [0.1, 0.15) is 0 Å². The number of carbonyl (C=O) groups excluding carboxylic acids is 1. The van der Waals surface area contributed by atoms with E-state index in [9.17, 15) is 9.59 Å². The number of piperidine rings is 1. The first-order valence-corrected chi connectivity index (χ1v) is 7.86. The summed E-state index contributed by atoms with van der Waals surface area (Å²) in [7, 11) is 0. The molecule has 2 rings (SSSR count). The third kappa shape index (κ3) is 3.97. The fourth-order valence-corrected chi connectivity index (χ4v) is 3.23. The molecular weight excluding hydrogens is 336 g/mol. The summed E-state index contributed by atoms with van der Waals surface area (Å²) in [4.78, 5) is 24.6. The van der Waals surface area contributed by atoms with Gasteiger partial charge in [0.2, 0.25) is 0 Å². The smallest absolute Gasteiger partial charge is 0.303 e. The first-order chi connectivity index (χ1) is 9.99. The van der Waals surface area contributed by atoms with Crippen LogP contribution in [0.5, 0.6) is 0 Å². The first-order valence-electron chi connectivity index (χ1n) is 7.07. The molecule has 1 heterocycles. The Bertz CT molecular complexity index is 548. The van der Waals surface area contributed by atoms with Gasteiger partial charge in [0.25, 0.3) is 5.91 Å². The monoisotopic (exact) mass is 354 g/mol. The zero-order valence-corrected chi connectivity index (χ0v) is 13.3. The summed E-state index contributed by atoms with van der Waals surface area (Å²) in [6.07, 6.45) is 3.80. The van der Waals surface area contributed by atoms with E-state index in [4.69, 9.17) is 10.8 Å². The van der Waals surface area contributed by atoms with Crippen molar-refractivity contribution in [1.29, 1.82) is 0 Å². The van der Waals surface area contributed by atoms with Crippen molar-refractivity contribution >= 4 is 33.5 Å². The van der Waals surface area contributed by atoms with Crippen LogP contribution in [-0.4, -0.2) is 29.6 Å². The molecule has 1 fully saturated rings. The summed E-state index contributed by atoms with van der Waals surface area (Å²) >= 11 is 3.35. The van der Waals surface area contributed by atoms with Crippen molar-refractivity contribution < 1.29 is 14.7 Å². The van der Waals surface area contributed by atoms with Gasteiger partial charge in [-0.3, -0.25) is 9.59 Å². The number of benzene rings is 1. The average Bonchev–Trinajstić information content (AvgIpc) is 2.45. The van der Waals surface area contributed by atoms with Crippen molar-refractivity contribution in [2.24, 2.45) is 5.73 Å². The fraction of sp³-hybridized carbons (Fsp3) is 0.467. The van der Waals surface area contributed by atoms with E-state index >= 15 is 0 Å². The SMILES string of the molecule is NC(=O)c1cc(Br)ccc1N1CCCCC1CCC(=O)O. The van der Waals surface area contributed by atoms with Crippen molar-refractivity contribution in [2.45, 2.75) is 38.1 Å². The predicted octanol–water partition coefficient (Wildman–Crippen LogP) is 2.77. The molecule has 3 N–H and O–H groups in total. The van der Waals surface area contributed by atoms with Gasteiger partial charge < -0.3 is 15.7 Å². The Kier molecular flexibility index (Phi) is 5.22. The standard InChI is InChI=1S/C15H19BrN2O3/c16-10-4-6-13(12(9-10)15(17)21)18-8-2-1-3-11(18)5-7-14(19)20/h4,6,9,11H,1-3,5,7-8H2,(H2,17,21)(H,19,20). The van der Waals surface area contributed by atoms with Crippen LogP contribution >= 0.6 is 15.9 Å². The highest BCUT2D eigenvalue weighted by Gasteiger charge is 2.26. The van der Waals surface area contributed by atoms with Gasteiger partial charge in [-0.25, -0.2) is 0 Å². The quantitative estimate of drug-likeness (QED) is 0.851. The minimum atomic E-state index is -0.786. The molecule has 0 saturated carbocycles.